The summed E-state index contributed by atoms with van der Waals surface area (Å²) in [5.74, 6) is 0. The first-order valence-corrected chi connectivity index (χ1v) is 8.15. The van der Waals surface area contributed by atoms with E-state index in [4.69, 9.17) is 5.73 Å². The van der Waals surface area contributed by atoms with Gasteiger partial charge in [-0.2, -0.15) is 5.10 Å². The molecule has 3 aromatic rings. The van der Waals surface area contributed by atoms with Crippen LogP contribution in [0.15, 0.2) is 48.8 Å². The van der Waals surface area contributed by atoms with Gasteiger partial charge >= 0.3 is 0 Å². The number of hydrogen-bond donors (Lipinski definition) is 1. The number of hydrogen-bond acceptors (Lipinski definition) is 2. The molecule has 1 aliphatic rings. The highest BCUT2D eigenvalue weighted by atomic mass is 15.3. The van der Waals surface area contributed by atoms with Crippen molar-refractivity contribution in [2.24, 2.45) is 0 Å². The van der Waals surface area contributed by atoms with E-state index in [2.05, 4.69) is 40.2 Å². The lowest BCUT2D eigenvalue weighted by Gasteiger charge is -2.21. The van der Waals surface area contributed by atoms with E-state index in [1.807, 2.05) is 18.3 Å². The topological polar surface area (TPSA) is 43.8 Å². The van der Waals surface area contributed by atoms with Crippen molar-refractivity contribution in [3.63, 3.8) is 0 Å². The average molecular weight is 291 g/mol. The van der Waals surface area contributed by atoms with Crippen molar-refractivity contribution >= 4 is 16.5 Å². The Morgan fingerprint density at radius 2 is 1.73 bits per heavy atom. The number of nitrogens with two attached hydrogens (primary N) is 1. The van der Waals surface area contributed by atoms with Crippen LogP contribution >= 0.6 is 0 Å². The number of aromatic nitrogens is 2. The minimum absolute atomic E-state index is 0.572. The van der Waals surface area contributed by atoms with E-state index in [-0.39, 0.29) is 0 Å². The van der Waals surface area contributed by atoms with Crippen LogP contribution in [0.4, 0.5) is 5.69 Å². The Bertz CT molecular complexity index is 797. The molecule has 3 nitrogen and oxygen atoms in total. The first-order valence-electron chi connectivity index (χ1n) is 8.15. The maximum absolute atomic E-state index is 6.10. The Morgan fingerprint density at radius 3 is 2.59 bits per heavy atom. The van der Waals surface area contributed by atoms with Crippen LogP contribution in [-0.4, -0.2) is 9.78 Å². The zero-order chi connectivity index (χ0) is 14.9. The molecule has 0 atom stereocenters. The number of fused-ring (bicyclic) bond motifs is 1. The van der Waals surface area contributed by atoms with Gasteiger partial charge in [0.15, 0.2) is 0 Å². The Labute approximate surface area is 130 Å². The van der Waals surface area contributed by atoms with E-state index in [0.29, 0.717) is 6.04 Å². The first kappa shape index (κ1) is 13.4. The maximum atomic E-state index is 6.10. The van der Waals surface area contributed by atoms with Gasteiger partial charge in [-0.1, -0.05) is 49.6 Å². The zero-order valence-corrected chi connectivity index (χ0v) is 12.7. The lowest BCUT2D eigenvalue weighted by molar-refractivity contribution is 0.329. The number of rotatable bonds is 2. The summed E-state index contributed by atoms with van der Waals surface area (Å²) in [4.78, 5) is 0. The third-order valence-electron chi connectivity index (χ3n) is 4.82. The third kappa shape index (κ3) is 2.27. The standard InChI is InChI=1S/C19H21N3/c20-19-11-5-9-17-16(8-4-10-18(17)19)14-12-21-22(13-14)15-6-2-1-3-7-15/h4-5,8-13,15H,1-3,6-7,20H2. The number of nitrogens with zero attached hydrogens (tertiary/aromatic N) is 2. The van der Waals surface area contributed by atoms with Gasteiger partial charge in [0, 0.05) is 22.8 Å². The molecule has 2 aromatic carbocycles. The number of benzene rings is 2. The molecule has 0 amide bonds. The molecule has 4 rings (SSSR count). The fourth-order valence-corrected chi connectivity index (χ4v) is 3.61. The predicted molar refractivity (Wildman–Crippen MR) is 91.7 cm³/mol. The summed E-state index contributed by atoms with van der Waals surface area (Å²) in [7, 11) is 0. The Balaban J connectivity index is 1.76. The van der Waals surface area contributed by atoms with Crippen LogP contribution in [0.5, 0.6) is 0 Å². The predicted octanol–water partition coefficient (Wildman–Crippen LogP) is 4.79. The van der Waals surface area contributed by atoms with Crippen molar-refractivity contribution in [3.05, 3.63) is 48.8 Å². The fraction of sp³-hybridized carbons (Fsp3) is 0.316. The van der Waals surface area contributed by atoms with Gasteiger partial charge in [0.05, 0.1) is 12.2 Å². The molecule has 2 N–H and O–H groups in total. The molecular formula is C19H21N3. The number of anilines is 1. The van der Waals surface area contributed by atoms with Crippen molar-refractivity contribution in [2.75, 3.05) is 5.73 Å². The highest BCUT2D eigenvalue weighted by molar-refractivity contribution is 6.02. The highest BCUT2D eigenvalue weighted by Crippen LogP contribution is 2.33. The van der Waals surface area contributed by atoms with Gasteiger partial charge in [-0.25, -0.2) is 0 Å². The first-order chi connectivity index (χ1) is 10.8. The lowest BCUT2D eigenvalue weighted by atomic mass is 9.95. The van der Waals surface area contributed by atoms with Crippen LogP contribution in [0, 0.1) is 0 Å². The normalized spacial score (nSPS) is 16.2. The van der Waals surface area contributed by atoms with Crippen LogP contribution in [0.2, 0.25) is 0 Å². The van der Waals surface area contributed by atoms with Crippen LogP contribution in [-0.2, 0) is 0 Å². The minimum atomic E-state index is 0.572. The molecule has 3 heteroatoms. The van der Waals surface area contributed by atoms with E-state index in [0.717, 1.165) is 11.1 Å². The third-order valence-corrected chi connectivity index (χ3v) is 4.82. The SMILES string of the molecule is Nc1cccc2c(-c3cnn(C4CCCCC4)c3)cccc12. The van der Waals surface area contributed by atoms with Crippen molar-refractivity contribution in [3.8, 4) is 11.1 Å². The van der Waals surface area contributed by atoms with Crippen molar-refractivity contribution < 1.29 is 0 Å². The lowest BCUT2D eigenvalue weighted by Crippen LogP contribution is -2.12. The molecule has 1 fully saturated rings. The summed E-state index contributed by atoms with van der Waals surface area (Å²) in [6.45, 7) is 0. The molecule has 1 heterocycles. The Kier molecular flexibility index (Phi) is 3.34. The molecule has 0 unspecified atom stereocenters. The van der Waals surface area contributed by atoms with Crippen molar-refractivity contribution in [1.82, 2.24) is 9.78 Å². The second-order valence-corrected chi connectivity index (χ2v) is 6.25. The second-order valence-electron chi connectivity index (χ2n) is 6.25. The van der Waals surface area contributed by atoms with E-state index in [1.54, 1.807) is 0 Å². The fourth-order valence-electron chi connectivity index (χ4n) is 3.61. The monoisotopic (exact) mass is 291 g/mol. The molecule has 22 heavy (non-hydrogen) atoms. The molecule has 0 saturated heterocycles. The van der Waals surface area contributed by atoms with E-state index in [1.165, 1.54) is 48.6 Å². The highest BCUT2D eigenvalue weighted by Gasteiger charge is 2.16. The van der Waals surface area contributed by atoms with E-state index < -0.39 is 0 Å². The molecule has 0 aliphatic heterocycles. The van der Waals surface area contributed by atoms with Crippen molar-refractivity contribution in [1.29, 1.82) is 0 Å². The van der Waals surface area contributed by atoms with Gasteiger partial charge in [-0.05, 0) is 29.9 Å². The molecule has 1 aliphatic carbocycles. The number of nitrogen functional groups attached to an aromatic ring is 1. The minimum Gasteiger partial charge on any atom is -0.398 e. The Morgan fingerprint density at radius 1 is 0.955 bits per heavy atom. The molecule has 0 spiro atoms. The molecule has 0 bridgehead atoms. The average Bonchev–Trinajstić information content (AvgIpc) is 3.05. The van der Waals surface area contributed by atoms with Crippen LogP contribution in [0.1, 0.15) is 38.1 Å². The van der Waals surface area contributed by atoms with E-state index >= 15 is 0 Å². The summed E-state index contributed by atoms with van der Waals surface area (Å²) in [5.41, 5.74) is 9.33. The maximum Gasteiger partial charge on any atom is 0.0568 e. The van der Waals surface area contributed by atoms with E-state index in [9.17, 15) is 0 Å². The summed E-state index contributed by atoms with van der Waals surface area (Å²) >= 11 is 0. The van der Waals surface area contributed by atoms with Crippen molar-refractivity contribution in [2.45, 2.75) is 38.1 Å². The zero-order valence-electron chi connectivity index (χ0n) is 12.7. The van der Waals surface area contributed by atoms with Crippen LogP contribution < -0.4 is 5.73 Å². The van der Waals surface area contributed by atoms with Gasteiger partial charge < -0.3 is 5.73 Å². The summed E-state index contributed by atoms with van der Waals surface area (Å²) in [6, 6.07) is 13.0. The largest absolute Gasteiger partial charge is 0.398 e. The van der Waals surface area contributed by atoms with Crippen LogP contribution in [0.3, 0.4) is 0 Å². The van der Waals surface area contributed by atoms with Gasteiger partial charge in [0.1, 0.15) is 0 Å². The summed E-state index contributed by atoms with van der Waals surface area (Å²) in [5, 5.41) is 6.95. The van der Waals surface area contributed by atoms with Gasteiger partial charge in [0.2, 0.25) is 0 Å². The Hall–Kier alpha value is -2.29. The molecule has 1 aromatic heterocycles. The smallest absolute Gasteiger partial charge is 0.0568 e. The second kappa shape index (κ2) is 5.48. The molecular weight excluding hydrogens is 270 g/mol. The molecule has 112 valence electrons. The molecule has 0 radical (unpaired) electrons. The van der Waals surface area contributed by atoms with Gasteiger partial charge in [0.25, 0.3) is 0 Å². The molecule has 1 saturated carbocycles. The summed E-state index contributed by atoms with van der Waals surface area (Å²) < 4.78 is 2.17. The quantitative estimate of drug-likeness (QED) is 0.690. The summed E-state index contributed by atoms with van der Waals surface area (Å²) in [6.07, 6.45) is 10.7. The van der Waals surface area contributed by atoms with Gasteiger partial charge in [-0.15, -0.1) is 0 Å². The van der Waals surface area contributed by atoms with Crippen LogP contribution in [0.25, 0.3) is 21.9 Å². The van der Waals surface area contributed by atoms with Gasteiger partial charge in [-0.3, -0.25) is 4.68 Å².